The number of pyridine rings is 1. The topological polar surface area (TPSA) is 122 Å². The van der Waals surface area contributed by atoms with Gasteiger partial charge in [-0.05, 0) is 51.0 Å². The van der Waals surface area contributed by atoms with Crippen molar-refractivity contribution >= 4 is 34.9 Å². The van der Waals surface area contributed by atoms with Gasteiger partial charge in [0.15, 0.2) is 5.82 Å². The molecular weight excluding hydrogens is 511 g/mol. The Morgan fingerprint density at radius 1 is 1.10 bits per heavy atom. The highest BCUT2D eigenvalue weighted by Crippen LogP contribution is 2.28. The van der Waals surface area contributed by atoms with E-state index in [0.717, 1.165) is 23.2 Å². The predicted molar refractivity (Wildman–Crippen MR) is 157 cm³/mol. The van der Waals surface area contributed by atoms with Crippen LogP contribution in [0.5, 0.6) is 0 Å². The number of hydrogen-bond donors (Lipinski definition) is 2. The number of anilines is 4. The molecule has 0 aliphatic carbocycles. The minimum atomic E-state index is -0.547. The molecule has 40 heavy (non-hydrogen) atoms. The zero-order valence-corrected chi connectivity index (χ0v) is 23.9. The van der Waals surface area contributed by atoms with E-state index in [2.05, 4.69) is 30.2 Å². The summed E-state index contributed by atoms with van der Waals surface area (Å²) in [6, 6.07) is 9.03. The monoisotopic (exact) mass is 548 g/mol. The molecular formula is C29H37FN8O2. The van der Waals surface area contributed by atoms with Crippen molar-refractivity contribution in [3.8, 4) is 11.3 Å². The van der Waals surface area contributed by atoms with Crippen LogP contribution in [0.25, 0.3) is 11.3 Å². The van der Waals surface area contributed by atoms with Crippen LogP contribution in [0.15, 0.2) is 47.7 Å². The lowest BCUT2D eigenvalue weighted by atomic mass is 9.95. The maximum Gasteiger partial charge on any atom is 0.410 e. The van der Waals surface area contributed by atoms with Crippen molar-refractivity contribution in [2.75, 3.05) is 49.2 Å². The summed E-state index contributed by atoms with van der Waals surface area (Å²) in [5, 5.41) is 3.06. The van der Waals surface area contributed by atoms with Crippen molar-refractivity contribution in [3.05, 3.63) is 54.1 Å². The van der Waals surface area contributed by atoms with Gasteiger partial charge in [0.05, 0.1) is 18.1 Å². The Bertz CT molecular complexity index is 1380. The predicted octanol–water partition coefficient (Wildman–Crippen LogP) is 5.14. The number of benzene rings is 1. The first kappa shape index (κ1) is 28.7. The van der Waals surface area contributed by atoms with Crippen LogP contribution >= 0.6 is 0 Å². The van der Waals surface area contributed by atoms with Crippen molar-refractivity contribution < 1.29 is 13.9 Å². The molecule has 0 bridgehead atoms. The number of amides is 1. The fourth-order valence-corrected chi connectivity index (χ4v) is 4.48. The van der Waals surface area contributed by atoms with Gasteiger partial charge in [0.1, 0.15) is 17.1 Å². The van der Waals surface area contributed by atoms with Crippen molar-refractivity contribution in [1.82, 2.24) is 19.9 Å². The van der Waals surface area contributed by atoms with E-state index in [1.54, 1.807) is 30.3 Å². The molecule has 10 nitrogen and oxygen atoms in total. The van der Waals surface area contributed by atoms with Crippen molar-refractivity contribution in [2.24, 2.45) is 10.9 Å². The fraction of sp³-hybridized carbons (Fsp3) is 0.414. The van der Waals surface area contributed by atoms with E-state index in [0.29, 0.717) is 43.2 Å². The number of rotatable bonds is 6. The van der Waals surface area contributed by atoms with Gasteiger partial charge >= 0.3 is 6.09 Å². The molecule has 0 atom stereocenters. The molecule has 3 aromatic rings. The van der Waals surface area contributed by atoms with E-state index in [-0.39, 0.29) is 23.7 Å². The molecule has 1 aliphatic rings. The maximum atomic E-state index is 14.8. The minimum absolute atomic E-state index is 0.150. The molecule has 1 fully saturated rings. The van der Waals surface area contributed by atoms with Gasteiger partial charge in [0.25, 0.3) is 0 Å². The SMILES string of the molecule is CN=C(c1cc(-c2nc(Nc3ccc(N4CCN(C(=O)OC(C)(C)C)CC4)cn3)ncc2F)ccc1N)C(C)C. The highest BCUT2D eigenvalue weighted by molar-refractivity contribution is 6.06. The van der Waals surface area contributed by atoms with E-state index in [9.17, 15) is 9.18 Å². The van der Waals surface area contributed by atoms with Gasteiger partial charge in [-0.2, -0.15) is 0 Å². The van der Waals surface area contributed by atoms with E-state index in [1.165, 1.54) is 0 Å². The summed E-state index contributed by atoms with van der Waals surface area (Å²) in [6.45, 7) is 12.1. The smallest absolute Gasteiger partial charge is 0.410 e. The maximum absolute atomic E-state index is 14.8. The lowest BCUT2D eigenvalue weighted by molar-refractivity contribution is 0.0240. The minimum Gasteiger partial charge on any atom is -0.444 e. The number of hydrogen-bond acceptors (Lipinski definition) is 9. The van der Waals surface area contributed by atoms with Gasteiger partial charge in [-0.1, -0.05) is 19.9 Å². The van der Waals surface area contributed by atoms with Crippen LogP contribution in [-0.4, -0.2) is 70.5 Å². The van der Waals surface area contributed by atoms with Crippen LogP contribution in [0, 0.1) is 11.7 Å². The largest absolute Gasteiger partial charge is 0.444 e. The first-order chi connectivity index (χ1) is 18.9. The summed E-state index contributed by atoms with van der Waals surface area (Å²) >= 11 is 0. The summed E-state index contributed by atoms with van der Waals surface area (Å²) < 4.78 is 20.3. The quantitative estimate of drug-likeness (QED) is 0.321. The van der Waals surface area contributed by atoms with Crippen molar-refractivity contribution in [2.45, 2.75) is 40.2 Å². The Morgan fingerprint density at radius 3 is 2.42 bits per heavy atom. The van der Waals surface area contributed by atoms with E-state index in [4.69, 9.17) is 10.5 Å². The third kappa shape index (κ3) is 6.83. The average molecular weight is 549 g/mol. The lowest BCUT2D eigenvalue weighted by Gasteiger charge is -2.36. The zero-order valence-electron chi connectivity index (χ0n) is 23.9. The summed E-state index contributed by atoms with van der Waals surface area (Å²) in [5.41, 5.74) is 9.51. The van der Waals surface area contributed by atoms with E-state index >= 15 is 0 Å². The van der Waals surface area contributed by atoms with Crippen LogP contribution in [0.2, 0.25) is 0 Å². The van der Waals surface area contributed by atoms with Crippen LogP contribution in [0.4, 0.5) is 32.3 Å². The van der Waals surface area contributed by atoms with E-state index in [1.807, 2.05) is 52.8 Å². The molecule has 212 valence electrons. The molecule has 4 rings (SSSR count). The fourth-order valence-electron chi connectivity index (χ4n) is 4.48. The second-order valence-electron chi connectivity index (χ2n) is 10.9. The number of nitrogen functional groups attached to an aromatic ring is 1. The zero-order chi connectivity index (χ0) is 29.0. The Morgan fingerprint density at radius 2 is 1.82 bits per heavy atom. The lowest BCUT2D eigenvalue weighted by Crippen LogP contribution is -2.50. The third-order valence-corrected chi connectivity index (χ3v) is 6.42. The van der Waals surface area contributed by atoms with Gasteiger partial charge in [0, 0.05) is 55.8 Å². The molecule has 1 aliphatic heterocycles. The number of piperazine rings is 1. The third-order valence-electron chi connectivity index (χ3n) is 6.42. The summed E-state index contributed by atoms with van der Waals surface area (Å²) in [6.07, 6.45) is 2.59. The van der Waals surface area contributed by atoms with Gasteiger partial charge in [0.2, 0.25) is 5.95 Å². The number of nitrogens with zero attached hydrogens (tertiary/aromatic N) is 6. The first-order valence-corrected chi connectivity index (χ1v) is 13.3. The second kappa shape index (κ2) is 11.8. The average Bonchev–Trinajstić information content (AvgIpc) is 2.91. The molecule has 0 radical (unpaired) electrons. The van der Waals surface area contributed by atoms with E-state index < -0.39 is 11.4 Å². The molecule has 0 spiro atoms. The number of aromatic nitrogens is 3. The van der Waals surface area contributed by atoms with Gasteiger partial charge in [-0.15, -0.1) is 0 Å². The number of carbonyl (C=O) groups excluding carboxylic acids is 1. The van der Waals surface area contributed by atoms with Crippen molar-refractivity contribution in [3.63, 3.8) is 0 Å². The Kier molecular flexibility index (Phi) is 8.51. The van der Waals surface area contributed by atoms with Crippen LogP contribution in [0.3, 0.4) is 0 Å². The Hall–Kier alpha value is -4.28. The molecule has 3 N–H and O–H groups in total. The second-order valence-corrected chi connectivity index (χ2v) is 10.9. The Labute approximate surface area is 234 Å². The number of ether oxygens (including phenoxy) is 1. The van der Waals surface area contributed by atoms with Crippen molar-refractivity contribution in [1.29, 1.82) is 0 Å². The molecule has 1 aromatic carbocycles. The highest BCUT2D eigenvalue weighted by Gasteiger charge is 2.26. The number of halogens is 1. The van der Waals surface area contributed by atoms with Gasteiger partial charge in [-0.25, -0.2) is 24.1 Å². The molecule has 0 unspecified atom stereocenters. The molecule has 3 heterocycles. The molecule has 2 aromatic heterocycles. The molecule has 1 saturated heterocycles. The highest BCUT2D eigenvalue weighted by atomic mass is 19.1. The number of carbonyl (C=O) groups is 1. The van der Waals surface area contributed by atoms with Crippen LogP contribution < -0.4 is 16.0 Å². The summed E-state index contributed by atoms with van der Waals surface area (Å²) in [4.78, 5) is 33.6. The first-order valence-electron chi connectivity index (χ1n) is 13.3. The number of nitrogens with two attached hydrogens (primary N) is 1. The van der Waals surface area contributed by atoms with Crippen LogP contribution in [-0.2, 0) is 4.74 Å². The molecule has 11 heteroatoms. The molecule has 1 amide bonds. The molecule has 0 saturated carbocycles. The summed E-state index contributed by atoms with van der Waals surface area (Å²) in [5.74, 6) is 0.341. The normalized spacial score (nSPS) is 14.4. The number of aliphatic imine (C=N–C) groups is 1. The van der Waals surface area contributed by atoms with Gasteiger partial charge in [-0.3, -0.25) is 4.99 Å². The standard InChI is InChI=1S/C29H37FN8O2/c1-18(2)25(32-6)21-15-19(7-9-23(21)31)26-22(30)17-34-27(36-26)35-24-10-8-20(16-33-24)37-11-13-38(14-12-37)28(39)40-29(3,4)5/h7-10,15-18H,11-14,31H2,1-6H3,(H,33,34,35,36). The Balaban J connectivity index is 1.45. The number of nitrogens with one attached hydrogen (secondary N) is 1. The summed E-state index contributed by atoms with van der Waals surface area (Å²) in [7, 11) is 1.72. The van der Waals surface area contributed by atoms with Gasteiger partial charge < -0.3 is 25.6 Å². The van der Waals surface area contributed by atoms with Crippen LogP contribution in [0.1, 0.15) is 40.2 Å².